The Morgan fingerprint density at radius 2 is 2.05 bits per heavy atom. The fourth-order valence-corrected chi connectivity index (χ4v) is 1.76. The summed E-state index contributed by atoms with van der Waals surface area (Å²) in [6.07, 6.45) is -4.62. The van der Waals surface area contributed by atoms with Gasteiger partial charge in [0.2, 0.25) is 11.1 Å². The quantitative estimate of drug-likeness (QED) is 0.505. The van der Waals surface area contributed by atoms with Crippen LogP contribution < -0.4 is 4.90 Å². The van der Waals surface area contributed by atoms with Gasteiger partial charge in [-0.3, -0.25) is 10.1 Å². The highest BCUT2D eigenvalue weighted by molar-refractivity contribution is 6.28. The van der Waals surface area contributed by atoms with Crippen LogP contribution in [-0.2, 0) is 0 Å². The molecule has 0 spiro atoms. The lowest BCUT2D eigenvalue weighted by molar-refractivity contribution is -0.385. The Bertz CT molecular complexity index is 512. The molecule has 0 amide bonds. The van der Waals surface area contributed by atoms with Crippen LogP contribution in [0, 0.1) is 17.0 Å². The first kappa shape index (κ1) is 16.4. The van der Waals surface area contributed by atoms with E-state index in [9.17, 15) is 23.3 Å². The van der Waals surface area contributed by atoms with Crippen LogP contribution in [0.15, 0.2) is 0 Å². The highest BCUT2D eigenvalue weighted by Crippen LogP contribution is 2.31. The molecule has 1 N–H and O–H groups in total. The van der Waals surface area contributed by atoms with Crippen molar-refractivity contribution in [2.45, 2.75) is 13.1 Å². The molecule has 0 unspecified atom stereocenters. The fraction of sp³-hybridized carbons (Fsp3) is 0.556. The number of nitro groups is 1. The Hall–Kier alpha value is -1.68. The van der Waals surface area contributed by atoms with E-state index in [2.05, 4.69) is 9.97 Å². The Labute approximate surface area is 116 Å². The van der Waals surface area contributed by atoms with Gasteiger partial charge in [-0.2, -0.15) is 18.2 Å². The molecule has 0 aliphatic rings. The van der Waals surface area contributed by atoms with Crippen LogP contribution in [0.4, 0.5) is 24.7 Å². The first-order valence-corrected chi connectivity index (χ1v) is 5.64. The van der Waals surface area contributed by atoms with Crippen molar-refractivity contribution < 1.29 is 23.2 Å². The van der Waals surface area contributed by atoms with Crippen molar-refractivity contribution in [1.82, 2.24) is 9.97 Å². The summed E-state index contributed by atoms with van der Waals surface area (Å²) in [5, 5.41) is 19.3. The Morgan fingerprint density at radius 3 is 2.50 bits per heavy atom. The molecule has 7 nitrogen and oxygen atoms in total. The van der Waals surface area contributed by atoms with Gasteiger partial charge in [0, 0.05) is 6.54 Å². The highest BCUT2D eigenvalue weighted by Gasteiger charge is 2.35. The van der Waals surface area contributed by atoms with Gasteiger partial charge in [-0.1, -0.05) is 0 Å². The molecule has 0 bridgehead atoms. The van der Waals surface area contributed by atoms with Gasteiger partial charge in [0.15, 0.2) is 0 Å². The second-order valence-electron chi connectivity index (χ2n) is 3.77. The standard InChI is InChI=1S/C9H10ClF3N4O3/c1-5-6(17(19)20)7(15-8(10)14-5)16(2-3-18)4-9(11,12)13/h18H,2-4H2,1H3. The van der Waals surface area contributed by atoms with Crippen LogP contribution in [-0.4, -0.2) is 45.9 Å². The molecule has 1 aromatic rings. The number of aliphatic hydroxyl groups excluding tert-OH is 1. The summed E-state index contributed by atoms with van der Waals surface area (Å²) in [6, 6.07) is 0. The van der Waals surface area contributed by atoms with Crippen LogP contribution in [0.25, 0.3) is 0 Å². The molecule has 0 saturated carbocycles. The van der Waals surface area contributed by atoms with Crippen molar-refractivity contribution in [3.8, 4) is 0 Å². The third-order valence-corrected chi connectivity index (χ3v) is 2.40. The SMILES string of the molecule is Cc1nc(Cl)nc(N(CCO)CC(F)(F)F)c1[N+](=O)[O-]. The molecular weight excluding hydrogens is 305 g/mol. The van der Waals surface area contributed by atoms with E-state index in [-0.39, 0.29) is 5.69 Å². The van der Waals surface area contributed by atoms with E-state index in [4.69, 9.17) is 16.7 Å². The molecule has 1 heterocycles. The van der Waals surface area contributed by atoms with E-state index < -0.39 is 47.6 Å². The van der Waals surface area contributed by atoms with Gasteiger partial charge in [0.1, 0.15) is 12.2 Å². The predicted octanol–water partition coefficient (Wildman–Crippen LogP) is 1.71. The van der Waals surface area contributed by atoms with Gasteiger partial charge >= 0.3 is 11.9 Å². The van der Waals surface area contributed by atoms with Crippen molar-refractivity contribution in [2.75, 3.05) is 24.6 Å². The molecule has 0 radical (unpaired) electrons. The van der Waals surface area contributed by atoms with Crippen LogP contribution >= 0.6 is 11.6 Å². The van der Waals surface area contributed by atoms with Crippen molar-refractivity contribution in [1.29, 1.82) is 0 Å². The Balaban J connectivity index is 3.34. The summed E-state index contributed by atoms with van der Waals surface area (Å²) in [5.41, 5.74) is -0.831. The van der Waals surface area contributed by atoms with Crippen LogP contribution in [0.5, 0.6) is 0 Å². The molecule has 11 heteroatoms. The number of alkyl halides is 3. The molecule has 1 rings (SSSR count). The molecule has 0 saturated heterocycles. The number of anilines is 1. The number of halogens is 4. The van der Waals surface area contributed by atoms with Gasteiger partial charge in [0.25, 0.3) is 0 Å². The summed E-state index contributed by atoms with van der Waals surface area (Å²) >= 11 is 5.53. The van der Waals surface area contributed by atoms with E-state index in [1.165, 1.54) is 6.92 Å². The van der Waals surface area contributed by atoms with Gasteiger partial charge in [-0.25, -0.2) is 4.98 Å². The Kier molecular flexibility index (Phi) is 5.06. The highest BCUT2D eigenvalue weighted by atomic mass is 35.5. The largest absolute Gasteiger partial charge is 0.405 e. The number of nitrogens with zero attached hydrogens (tertiary/aromatic N) is 4. The number of aliphatic hydroxyl groups is 1. The lowest BCUT2D eigenvalue weighted by Gasteiger charge is -2.23. The van der Waals surface area contributed by atoms with E-state index in [0.717, 1.165) is 0 Å². The molecule has 0 fully saturated rings. The summed E-state index contributed by atoms with van der Waals surface area (Å²) < 4.78 is 37.4. The lowest BCUT2D eigenvalue weighted by Crippen LogP contribution is -2.37. The third-order valence-electron chi connectivity index (χ3n) is 2.23. The number of rotatable bonds is 5. The molecular formula is C9H10ClF3N4O3. The molecule has 20 heavy (non-hydrogen) atoms. The zero-order valence-electron chi connectivity index (χ0n) is 10.2. The number of hydrogen-bond acceptors (Lipinski definition) is 6. The van der Waals surface area contributed by atoms with E-state index in [1.807, 2.05) is 0 Å². The molecule has 1 aromatic heterocycles. The lowest BCUT2D eigenvalue weighted by atomic mass is 10.3. The smallest absolute Gasteiger partial charge is 0.395 e. The predicted molar refractivity (Wildman–Crippen MR) is 63.8 cm³/mol. The minimum absolute atomic E-state index is 0.157. The maximum absolute atomic E-state index is 12.5. The summed E-state index contributed by atoms with van der Waals surface area (Å²) in [5.74, 6) is -0.570. The summed E-state index contributed by atoms with van der Waals surface area (Å²) in [7, 11) is 0. The zero-order chi connectivity index (χ0) is 15.5. The maximum atomic E-state index is 12.5. The summed E-state index contributed by atoms with van der Waals surface area (Å²) in [4.78, 5) is 17.6. The van der Waals surface area contributed by atoms with E-state index in [0.29, 0.717) is 4.90 Å². The normalized spacial score (nSPS) is 11.5. The molecule has 0 atom stereocenters. The van der Waals surface area contributed by atoms with Crippen LogP contribution in [0.2, 0.25) is 5.28 Å². The number of aromatic nitrogens is 2. The second-order valence-corrected chi connectivity index (χ2v) is 4.11. The van der Waals surface area contributed by atoms with Crippen LogP contribution in [0.3, 0.4) is 0 Å². The van der Waals surface area contributed by atoms with Crippen molar-refractivity contribution in [3.05, 3.63) is 21.1 Å². The number of aryl methyl sites for hydroxylation is 1. The van der Waals surface area contributed by atoms with Crippen molar-refractivity contribution in [2.24, 2.45) is 0 Å². The molecule has 112 valence electrons. The molecule has 0 aliphatic heterocycles. The van der Waals surface area contributed by atoms with Gasteiger partial charge in [0.05, 0.1) is 11.5 Å². The van der Waals surface area contributed by atoms with E-state index >= 15 is 0 Å². The first-order chi connectivity index (χ1) is 9.15. The van der Waals surface area contributed by atoms with Gasteiger partial charge in [-0.15, -0.1) is 0 Å². The minimum atomic E-state index is -4.62. The first-order valence-electron chi connectivity index (χ1n) is 5.26. The minimum Gasteiger partial charge on any atom is -0.395 e. The topological polar surface area (TPSA) is 92.4 Å². The maximum Gasteiger partial charge on any atom is 0.405 e. The fourth-order valence-electron chi connectivity index (χ4n) is 1.55. The molecule has 0 aromatic carbocycles. The average molecular weight is 315 g/mol. The van der Waals surface area contributed by atoms with Gasteiger partial charge in [-0.05, 0) is 18.5 Å². The third kappa shape index (κ3) is 4.17. The monoisotopic (exact) mass is 314 g/mol. The number of hydrogen-bond donors (Lipinski definition) is 1. The zero-order valence-corrected chi connectivity index (χ0v) is 10.9. The average Bonchev–Trinajstić information content (AvgIpc) is 2.24. The second kappa shape index (κ2) is 6.18. The Morgan fingerprint density at radius 1 is 1.45 bits per heavy atom. The summed E-state index contributed by atoms with van der Waals surface area (Å²) in [6.45, 7) is -1.37. The van der Waals surface area contributed by atoms with Crippen LogP contribution in [0.1, 0.15) is 5.69 Å². The van der Waals surface area contributed by atoms with E-state index in [1.54, 1.807) is 0 Å². The molecule has 0 aliphatic carbocycles. The van der Waals surface area contributed by atoms with Crippen molar-refractivity contribution in [3.63, 3.8) is 0 Å². The van der Waals surface area contributed by atoms with Crippen molar-refractivity contribution >= 4 is 23.1 Å². The van der Waals surface area contributed by atoms with Gasteiger partial charge < -0.3 is 10.0 Å².